The van der Waals surface area contributed by atoms with Crippen molar-refractivity contribution in [2.75, 3.05) is 0 Å². The molecule has 0 heterocycles. The summed E-state index contributed by atoms with van der Waals surface area (Å²) >= 11 is 0. The van der Waals surface area contributed by atoms with Gasteiger partial charge in [0.15, 0.2) is 23.3 Å². The third kappa shape index (κ3) is 0.868. The standard InChI is InChI=1S/C11H4F4/c12-8-6-4-1-2-5(3-4)7(6)9(13)11(15)10(8)14/h1-2H,3H2. The minimum absolute atomic E-state index is 0.121. The molecule has 0 nitrogen and oxygen atoms in total. The van der Waals surface area contributed by atoms with E-state index in [2.05, 4.69) is 0 Å². The topological polar surface area (TPSA) is 0 Å². The molecule has 0 saturated heterocycles. The average molecular weight is 212 g/mol. The Kier molecular flexibility index (Phi) is 1.45. The van der Waals surface area contributed by atoms with Gasteiger partial charge in [0.05, 0.1) is 0 Å². The highest BCUT2D eigenvalue weighted by Gasteiger charge is 2.26. The molecule has 0 aromatic heterocycles. The third-order valence-corrected chi connectivity index (χ3v) is 2.78. The molecule has 0 N–H and O–H groups in total. The van der Waals surface area contributed by atoms with Gasteiger partial charge >= 0.3 is 0 Å². The van der Waals surface area contributed by atoms with Crippen molar-refractivity contribution < 1.29 is 17.6 Å². The molecule has 0 radical (unpaired) electrons. The van der Waals surface area contributed by atoms with Crippen LogP contribution in [0.25, 0.3) is 11.1 Å². The van der Waals surface area contributed by atoms with Crippen LogP contribution in [-0.4, -0.2) is 0 Å². The molecule has 0 spiro atoms. The molecule has 1 aromatic rings. The van der Waals surface area contributed by atoms with Crippen LogP contribution in [0, 0.1) is 23.3 Å². The zero-order valence-electron chi connectivity index (χ0n) is 7.37. The van der Waals surface area contributed by atoms with Crippen molar-refractivity contribution in [1.29, 1.82) is 0 Å². The molecule has 0 aliphatic heterocycles. The van der Waals surface area contributed by atoms with E-state index in [1.54, 1.807) is 12.2 Å². The average Bonchev–Trinajstić information content (AvgIpc) is 2.82. The van der Waals surface area contributed by atoms with Crippen LogP contribution in [0.4, 0.5) is 17.6 Å². The van der Waals surface area contributed by atoms with Gasteiger partial charge in [0.2, 0.25) is 0 Å². The lowest BCUT2D eigenvalue weighted by Gasteiger charge is -2.01. The Labute approximate surface area is 81.8 Å². The van der Waals surface area contributed by atoms with Crippen molar-refractivity contribution in [3.8, 4) is 0 Å². The van der Waals surface area contributed by atoms with Crippen LogP contribution in [0.15, 0.2) is 12.2 Å². The molecule has 0 fully saturated rings. The molecule has 2 aliphatic carbocycles. The van der Waals surface area contributed by atoms with E-state index >= 15 is 0 Å². The molecule has 2 aliphatic rings. The van der Waals surface area contributed by atoms with E-state index in [9.17, 15) is 17.6 Å². The van der Waals surface area contributed by atoms with Gasteiger partial charge in [-0.1, -0.05) is 12.2 Å². The molecular weight excluding hydrogens is 208 g/mol. The number of hydrogen-bond acceptors (Lipinski definition) is 0. The Morgan fingerprint density at radius 3 is 1.47 bits per heavy atom. The summed E-state index contributed by atoms with van der Waals surface area (Å²) in [5, 5.41) is -0.243. The van der Waals surface area contributed by atoms with Crippen molar-refractivity contribution in [1.82, 2.24) is 0 Å². The van der Waals surface area contributed by atoms with Gasteiger partial charge in [-0.3, -0.25) is 0 Å². The second-order valence-corrected chi connectivity index (χ2v) is 3.57. The Balaban J connectivity index is 2.68. The number of halogens is 4. The molecule has 76 valence electrons. The molecule has 2 bridgehead atoms. The fourth-order valence-corrected chi connectivity index (χ4v) is 2.10. The van der Waals surface area contributed by atoms with E-state index in [4.69, 9.17) is 0 Å². The predicted octanol–water partition coefficient (Wildman–Crippen LogP) is 1.52. The van der Waals surface area contributed by atoms with Crippen LogP contribution < -0.4 is 10.4 Å². The first-order valence-corrected chi connectivity index (χ1v) is 4.37. The summed E-state index contributed by atoms with van der Waals surface area (Å²) in [6.45, 7) is 0. The van der Waals surface area contributed by atoms with Crippen molar-refractivity contribution in [3.63, 3.8) is 0 Å². The Bertz CT molecular complexity index is 583. The van der Waals surface area contributed by atoms with Crippen molar-refractivity contribution >= 4 is 11.1 Å². The minimum Gasteiger partial charge on any atom is -0.203 e. The van der Waals surface area contributed by atoms with Crippen LogP contribution in [0.1, 0.15) is 6.42 Å². The molecule has 3 rings (SSSR count). The van der Waals surface area contributed by atoms with Crippen LogP contribution in [0.2, 0.25) is 0 Å². The maximum Gasteiger partial charge on any atom is 0.198 e. The number of fused-ring (bicyclic) bond motifs is 3. The van der Waals surface area contributed by atoms with E-state index in [-0.39, 0.29) is 10.4 Å². The van der Waals surface area contributed by atoms with E-state index < -0.39 is 23.3 Å². The molecule has 4 heteroatoms. The normalized spacial score (nSPS) is 16.5. The summed E-state index contributed by atoms with van der Waals surface area (Å²) in [4.78, 5) is 0. The fraction of sp³-hybridized carbons (Fsp3) is 0.0909. The van der Waals surface area contributed by atoms with Gasteiger partial charge in [-0.25, -0.2) is 17.6 Å². The highest BCUT2D eigenvalue weighted by molar-refractivity contribution is 5.85. The van der Waals surface area contributed by atoms with E-state index in [0.717, 1.165) is 0 Å². The van der Waals surface area contributed by atoms with Gasteiger partial charge in [-0.05, 0) is 17.6 Å². The molecule has 0 amide bonds. The summed E-state index contributed by atoms with van der Waals surface area (Å²) in [7, 11) is 0. The van der Waals surface area contributed by atoms with E-state index in [0.29, 0.717) is 17.6 Å². The first kappa shape index (κ1) is 8.71. The SMILES string of the molecule is Fc1c(F)c(F)c2c(c1F)=C1C=CC=2C1. The van der Waals surface area contributed by atoms with E-state index in [1.807, 2.05) is 0 Å². The summed E-state index contributed by atoms with van der Waals surface area (Å²) in [5.41, 5.74) is 1.02. The largest absolute Gasteiger partial charge is 0.203 e. The maximum atomic E-state index is 13.4. The van der Waals surface area contributed by atoms with Crippen LogP contribution in [0.3, 0.4) is 0 Å². The lowest BCUT2D eigenvalue weighted by molar-refractivity contribution is 0.401. The lowest BCUT2D eigenvalue weighted by atomic mass is 10.1. The van der Waals surface area contributed by atoms with Crippen molar-refractivity contribution in [2.24, 2.45) is 0 Å². The van der Waals surface area contributed by atoms with Crippen LogP contribution in [0.5, 0.6) is 0 Å². The smallest absolute Gasteiger partial charge is 0.198 e. The van der Waals surface area contributed by atoms with Crippen molar-refractivity contribution in [2.45, 2.75) is 6.42 Å². The summed E-state index contributed by atoms with van der Waals surface area (Å²) in [5.74, 6) is -6.06. The highest BCUT2D eigenvalue weighted by atomic mass is 19.2. The van der Waals surface area contributed by atoms with Crippen LogP contribution in [-0.2, 0) is 0 Å². The molecule has 0 saturated carbocycles. The Morgan fingerprint density at radius 1 is 0.667 bits per heavy atom. The number of benzene rings is 1. The Morgan fingerprint density at radius 2 is 1.07 bits per heavy atom. The molecular formula is C11H4F4. The summed E-state index contributed by atoms with van der Waals surface area (Å²) < 4.78 is 52.6. The zero-order chi connectivity index (χ0) is 10.7. The second kappa shape index (κ2) is 2.51. The minimum atomic E-state index is -1.74. The summed E-state index contributed by atoms with van der Waals surface area (Å²) in [6.07, 6.45) is 3.54. The molecule has 1 aromatic carbocycles. The first-order chi connectivity index (χ1) is 7.11. The van der Waals surface area contributed by atoms with E-state index in [1.165, 1.54) is 0 Å². The van der Waals surface area contributed by atoms with Gasteiger partial charge in [-0.2, -0.15) is 0 Å². The number of allylic oxidation sites excluding steroid dienone is 2. The van der Waals surface area contributed by atoms with Gasteiger partial charge in [0, 0.05) is 10.4 Å². The Hall–Kier alpha value is -1.58. The number of hydrogen-bond donors (Lipinski definition) is 0. The lowest BCUT2D eigenvalue weighted by Crippen LogP contribution is -2.35. The zero-order valence-corrected chi connectivity index (χ0v) is 7.37. The maximum absolute atomic E-state index is 13.4. The van der Waals surface area contributed by atoms with Crippen LogP contribution >= 0.6 is 0 Å². The summed E-state index contributed by atoms with van der Waals surface area (Å²) in [6, 6.07) is 0. The molecule has 0 atom stereocenters. The van der Waals surface area contributed by atoms with Gasteiger partial charge in [0.1, 0.15) is 0 Å². The predicted molar refractivity (Wildman–Crippen MR) is 46.1 cm³/mol. The van der Waals surface area contributed by atoms with Gasteiger partial charge in [-0.15, -0.1) is 0 Å². The quantitative estimate of drug-likeness (QED) is 0.347. The monoisotopic (exact) mass is 212 g/mol. The third-order valence-electron chi connectivity index (χ3n) is 2.78. The van der Waals surface area contributed by atoms with Gasteiger partial charge < -0.3 is 0 Å². The number of rotatable bonds is 0. The highest BCUT2D eigenvalue weighted by Crippen LogP contribution is 2.26. The fourth-order valence-electron chi connectivity index (χ4n) is 2.10. The molecule has 15 heavy (non-hydrogen) atoms. The first-order valence-electron chi connectivity index (χ1n) is 4.37. The molecule has 0 unspecified atom stereocenters. The van der Waals surface area contributed by atoms with Gasteiger partial charge in [0.25, 0.3) is 0 Å². The van der Waals surface area contributed by atoms with Crippen molar-refractivity contribution in [3.05, 3.63) is 45.9 Å². The second-order valence-electron chi connectivity index (χ2n) is 3.57.